The fourth-order valence-corrected chi connectivity index (χ4v) is 7.78. The number of aromatic nitrogens is 1. The number of fused-ring (bicyclic) bond motifs is 1. The molecular weight excluding hydrogens is 576 g/mol. The van der Waals surface area contributed by atoms with Crippen LogP contribution in [0.2, 0.25) is 0 Å². The largest absolute Gasteiger partial charge is 0.629 e. The molecule has 1 amide bonds. The van der Waals surface area contributed by atoms with Gasteiger partial charge in [0.15, 0.2) is 0 Å². The van der Waals surface area contributed by atoms with Gasteiger partial charge in [-0.25, -0.2) is 4.98 Å². The number of anilines is 2. The van der Waals surface area contributed by atoms with Crippen molar-refractivity contribution in [3.8, 4) is 11.1 Å². The highest BCUT2D eigenvalue weighted by Crippen LogP contribution is 2.35. The first kappa shape index (κ1) is 32.7. The molecule has 1 aliphatic carbocycles. The van der Waals surface area contributed by atoms with E-state index in [1.54, 1.807) is 0 Å². The first-order chi connectivity index (χ1) is 22.3. The van der Waals surface area contributed by atoms with E-state index in [-0.39, 0.29) is 17.5 Å². The van der Waals surface area contributed by atoms with Gasteiger partial charge in [-0.2, -0.15) is 0 Å². The van der Waals surface area contributed by atoms with Gasteiger partial charge in [-0.15, -0.1) is 0 Å². The molecule has 6 rings (SSSR count). The molecule has 9 nitrogen and oxygen atoms in total. The van der Waals surface area contributed by atoms with E-state index in [1.165, 1.54) is 29.6 Å². The number of ether oxygens (including phenoxy) is 1. The van der Waals surface area contributed by atoms with E-state index < -0.39 is 0 Å². The molecule has 9 heteroatoms. The predicted molar refractivity (Wildman–Crippen MR) is 185 cm³/mol. The minimum absolute atomic E-state index is 0.131. The summed E-state index contributed by atoms with van der Waals surface area (Å²) in [6.07, 6.45) is 9.31. The molecule has 0 spiro atoms. The lowest BCUT2D eigenvalue weighted by atomic mass is 9.91. The Morgan fingerprint density at radius 3 is 2.48 bits per heavy atom. The minimum atomic E-state index is -0.131. The fraction of sp³-hybridized carbons (Fsp3) is 0.568. The summed E-state index contributed by atoms with van der Waals surface area (Å²) in [6.45, 7) is 13.5. The number of nitrogens with one attached hydrogen (secondary N) is 2. The van der Waals surface area contributed by atoms with Crippen LogP contribution in [-0.2, 0) is 4.74 Å². The van der Waals surface area contributed by atoms with Gasteiger partial charge >= 0.3 is 0 Å². The number of rotatable bonds is 8. The Kier molecular flexibility index (Phi) is 10.4. The molecule has 2 aromatic rings. The van der Waals surface area contributed by atoms with E-state index in [0.717, 1.165) is 112 Å². The number of allylic oxidation sites excluding steroid dienone is 2. The molecule has 3 aliphatic heterocycles. The van der Waals surface area contributed by atoms with Gasteiger partial charge in [-0.1, -0.05) is 6.42 Å². The number of hydrogen-bond acceptors (Lipinski definition) is 7. The monoisotopic (exact) mass is 628 g/mol. The SMILES string of the molecule is CCN(c1cc(-c2ccc(N3CCN(C)CC3)nc2)cc(C(=O)NCC2=C3CCCCCC3=C(C)C[NH+]2[O-])c1C)C1CCOCC1. The van der Waals surface area contributed by atoms with Crippen LogP contribution in [0.15, 0.2) is 52.9 Å². The molecule has 1 aromatic carbocycles. The second-order valence-corrected chi connectivity index (χ2v) is 13.6. The van der Waals surface area contributed by atoms with Crippen molar-refractivity contribution in [3.05, 3.63) is 69.2 Å². The van der Waals surface area contributed by atoms with Crippen molar-refractivity contribution in [1.29, 1.82) is 0 Å². The molecule has 46 heavy (non-hydrogen) atoms. The number of pyridine rings is 1. The Bertz CT molecular complexity index is 1450. The molecule has 1 atom stereocenters. The quantitative estimate of drug-likeness (QED) is 0.417. The van der Waals surface area contributed by atoms with E-state index >= 15 is 0 Å². The van der Waals surface area contributed by atoms with Crippen LogP contribution in [0.3, 0.4) is 0 Å². The van der Waals surface area contributed by atoms with Gasteiger partial charge < -0.3 is 35.0 Å². The average Bonchev–Trinajstić information content (AvgIpc) is 3.33. The van der Waals surface area contributed by atoms with Crippen LogP contribution < -0.4 is 20.2 Å². The van der Waals surface area contributed by atoms with Crippen molar-refractivity contribution in [1.82, 2.24) is 15.2 Å². The molecule has 248 valence electrons. The lowest BCUT2D eigenvalue weighted by Crippen LogP contribution is -3.07. The molecule has 1 saturated carbocycles. The number of benzene rings is 1. The normalized spacial score (nSPS) is 21.7. The molecular formula is C37H52N6O3. The first-order valence-electron chi connectivity index (χ1n) is 17.5. The van der Waals surface area contributed by atoms with Gasteiger partial charge in [0.25, 0.3) is 5.91 Å². The van der Waals surface area contributed by atoms with Crippen molar-refractivity contribution < 1.29 is 14.6 Å². The number of amides is 1. The highest BCUT2D eigenvalue weighted by atomic mass is 16.5. The van der Waals surface area contributed by atoms with Crippen molar-refractivity contribution >= 4 is 17.4 Å². The van der Waals surface area contributed by atoms with Crippen molar-refractivity contribution in [2.75, 3.05) is 75.9 Å². The summed E-state index contributed by atoms with van der Waals surface area (Å²) in [6, 6.07) is 8.85. The zero-order valence-corrected chi connectivity index (χ0v) is 28.3. The van der Waals surface area contributed by atoms with Gasteiger partial charge in [0, 0.05) is 80.6 Å². The maximum atomic E-state index is 14.1. The Balaban J connectivity index is 1.32. The smallest absolute Gasteiger partial charge is 0.252 e. The zero-order valence-electron chi connectivity index (χ0n) is 28.3. The summed E-state index contributed by atoms with van der Waals surface area (Å²) in [7, 11) is 2.16. The molecule has 3 fully saturated rings. The lowest BCUT2D eigenvalue weighted by Gasteiger charge is -2.37. The number of carbonyl (C=O) groups is 1. The molecule has 1 unspecified atom stereocenters. The second kappa shape index (κ2) is 14.7. The van der Waals surface area contributed by atoms with E-state index in [1.807, 2.05) is 12.3 Å². The van der Waals surface area contributed by atoms with Gasteiger partial charge in [0.1, 0.15) is 18.1 Å². The minimum Gasteiger partial charge on any atom is -0.629 e. The van der Waals surface area contributed by atoms with Gasteiger partial charge in [0.05, 0.1) is 6.54 Å². The second-order valence-electron chi connectivity index (χ2n) is 13.6. The maximum Gasteiger partial charge on any atom is 0.252 e. The number of quaternary nitrogens is 1. The highest BCUT2D eigenvalue weighted by molar-refractivity contribution is 5.99. The van der Waals surface area contributed by atoms with Crippen LogP contribution in [-0.4, -0.2) is 87.9 Å². The van der Waals surface area contributed by atoms with Crippen molar-refractivity contribution in [2.24, 2.45) is 0 Å². The molecule has 1 aromatic heterocycles. The summed E-state index contributed by atoms with van der Waals surface area (Å²) < 4.78 is 5.69. The molecule has 0 bridgehead atoms. The third-order valence-electron chi connectivity index (χ3n) is 10.6. The lowest BCUT2D eigenvalue weighted by molar-refractivity contribution is -0.802. The third-order valence-corrected chi connectivity index (χ3v) is 10.6. The summed E-state index contributed by atoms with van der Waals surface area (Å²) in [5.74, 6) is 0.862. The summed E-state index contributed by atoms with van der Waals surface area (Å²) in [5, 5.41) is 16.6. The predicted octanol–water partition coefficient (Wildman–Crippen LogP) is 4.47. The number of likely N-dealkylation sites (N-methyl/N-ethyl adjacent to an activating group) is 1. The fourth-order valence-electron chi connectivity index (χ4n) is 7.78. The maximum absolute atomic E-state index is 14.1. The zero-order chi connectivity index (χ0) is 32.2. The van der Waals surface area contributed by atoms with E-state index in [9.17, 15) is 10.0 Å². The number of hydrogen-bond donors (Lipinski definition) is 2. The molecule has 2 N–H and O–H groups in total. The van der Waals surface area contributed by atoms with Crippen LogP contribution in [0.5, 0.6) is 0 Å². The topological polar surface area (TPSA) is 88.4 Å². The molecule has 2 saturated heterocycles. The molecule has 4 aliphatic rings. The summed E-state index contributed by atoms with van der Waals surface area (Å²) >= 11 is 0. The Labute approximate surface area is 274 Å². The van der Waals surface area contributed by atoms with Crippen LogP contribution in [0, 0.1) is 12.1 Å². The number of carbonyl (C=O) groups excluding carboxylic acids is 1. The average molecular weight is 629 g/mol. The van der Waals surface area contributed by atoms with Crippen LogP contribution in [0.4, 0.5) is 11.5 Å². The summed E-state index contributed by atoms with van der Waals surface area (Å²) in [5.41, 5.74) is 9.27. The number of piperazine rings is 1. The van der Waals surface area contributed by atoms with Crippen LogP contribution in [0.25, 0.3) is 11.1 Å². The van der Waals surface area contributed by atoms with E-state index in [4.69, 9.17) is 9.72 Å². The Morgan fingerprint density at radius 2 is 1.78 bits per heavy atom. The van der Waals surface area contributed by atoms with Crippen molar-refractivity contribution in [2.45, 2.75) is 71.8 Å². The molecule has 4 heterocycles. The number of hydroxylamine groups is 2. The van der Waals surface area contributed by atoms with E-state index in [0.29, 0.717) is 18.2 Å². The first-order valence-corrected chi connectivity index (χ1v) is 17.5. The number of nitrogens with zero attached hydrogens (tertiary/aromatic N) is 4. The standard InChI is InChI=1S/C37H52N6O3/c1-5-42(30-13-19-46-20-14-30)34-22-29(28-11-12-36(38-23-28)41-17-15-40(4)16-18-41)21-33(27(34)3)37(44)39-24-35-32-10-8-6-7-9-31(32)26(2)25-43(35)45/h11-12,21-23,30,43H,5-10,13-20,24-25H2,1-4H3,(H,39,44). The Morgan fingerprint density at radius 1 is 1.04 bits per heavy atom. The molecule has 0 radical (unpaired) electrons. The van der Waals surface area contributed by atoms with Gasteiger partial charge in [0.2, 0.25) is 0 Å². The third kappa shape index (κ3) is 7.03. The van der Waals surface area contributed by atoms with E-state index in [2.05, 4.69) is 66.0 Å². The van der Waals surface area contributed by atoms with Crippen molar-refractivity contribution in [3.63, 3.8) is 0 Å². The summed E-state index contributed by atoms with van der Waals surface area (Å²) in [4.78, 5) is 26.1. The van der Waals surface area contributed by atoms with Gasteiger partial charge in [-0.3, -0.25) is 4.79 Å². The highest BCUT2D eigenvalue weighted by Gasteiger charge is 2.29. The van der Waals surface area contributed by atoms with Crippen LogP contribution in [0.1, 0.15) is 74.7 Å². The van der Waals surface area contributed by atoms with Gasteiger partial charge in [-0.05, 0) is 113 Å². The Hall–Kier alpha value is -3.24. The van der Waals surface area contributed by atoms with Crippen LogP contribution >= 0.6 is 0 Å².